The van der Waals surface area contributed by atoms with Gasteiger partial charge in [-0.1, -0.05) is 37.3 Å². The van der Waals surface area contributed by atoms with E-state index in [0.29, 0.717) is 0 Å². The third-order valence-electron chi connectivity index (χ3n) is 4.12. The summed E-state index contributed by atoms with van der Waals surface area (Å²) in [7, 11) is 0. The van der Waals surface area contributed by atoms with Gasteiger partial charge in [0.25, 0.3) is 0 Å². The van der Waals surface area contributed by atoms with E-state index in [2.05, 4.69) is 31.2 Å². The van der Waals surface area contributed by atoms with Gasteiger partial charge in [0.15, 0.2) is 0 Å². The fourth-order valence-corrected chi connectivity index (χ4v) is 2.79. The monoisotopic (exact) mass is 296 g/mol. The van der Waals surface area contributed by atoms with Gasteiger partial charge in [-0.25, -0.2) is 0 Å². The molecule has 20 heavy (non-hydrogen) atoms. The molecule has 1 fully saturated rings. The van der Waals surface area contributed by atoms with Crippen molar-refractivity contribution < 1.29 is 4.79 Å². The number of halogens is 1. The summed E-state index contributed by atoms with van der Waals surface area (Å²) in [5.41, 5.74) is 7.29. The molecule has 1 aliphatic heterocycles. The number of rotatable bonds is 4. The van der Waals surface area contributed by atoms with E-state index in [0.717, 1.165) is 32.4 Å². The van der Waals surface area contributed by atoms with Crippen molar-refractivity contribution in [2.24, 2.45) is 11.1 Å². The van der Waals surface area contributed by atoms with Crippen LogP contribution in [0.2, 0.25) is 0 Å². The predicted molar refractivity (Wildman–Crippen MR) is 85.0 cm³/mol. The molecule has 0 aromatic heterocycles. The van der Waals surface area contributed by atoms with Gasteiger partial charge in [-0.15, -0.1) is 12.4 Å². The van der Waals surface area contributed by atoms with E-state index >= 15 is 0 Å². The second-order valence-corrected chi connectivity index (χ2v) is 6.09. The van der Waals surface area contributed by atoms with Gasteiger partial charge < -0.3 is 10.6 Å². The fourth-order valence-electron chi connectivity index (χ4n) is 2.79. The number of aryl methyl sites for hydroxylation is 1. The average molecular weight is 297 g/mol. The smallest absolute Gasteiger partial charge is 0.239 e. The van der Waals surface area contributed by atoms with Crippen molar-refractivity contribution in [3.05, 3.63) is 35.9 Å². The van der Waals surface area contributed by atoms with Crippen LogP contribution < -0.4 is 5.73 Å². The maximum atomic E-state index is 11.9. The topological polar surface area (TPSA) is 46.3 Å². The summed E-state index contributed by atoms with van der Waals surface area (Å²) in [5.74, 6) is 0.0865. The number of hydrogen-bond donors (Lipinski definition) is 1. The highest BCUT2D eigenvalue weighted by molar-refractivity contribution is 5.85. The largest absolute Gasteiger partial charge is 0.341 e. The van der Waals surface area contributed by atoms with Crippen LogP contribution in [-0.2, 0) is 11.2 Å². The Morgan fingerprint density at radius 3 is 2.65 bits per heavy atom. The Bertz CT molecular complexity index is 435. The summed E-state index contributed by atoms with van der Waals surface area (Å²) in [6, 6.07) is 10.2. The van der Waals surface area contributed by atoms with Crippen molar-refractivity contribution in [3.8, 4) is 0 Å². The zero-order chi connectivity index (χ0) is 13.9. The molecule has 1 amide bonds. The van der Waals surface area contributed by atoms with E-state index in [-0.39, 0.29) is 29.8 Å². The lowest BCUT2D eigenvalue weighted by atomic mass is 9.83. The Labute approximate surface area is 127 Å². The summed E-state index contributed by atoms with van der Waals surface area (Å²) >= 11 is 0. The molecule has 0 aliphatic carbocycles. The molecule has 1 heterocycles. The third kappa shape index (κ3) is 4.22. The molecule has 1 aliphatic rings. The van der Waals surface area contributed by atoms with Gasteiger partial charge in [-0.05, 0) is 37.2 Å². The van der Waals surface area contributed by atoms with Gasteiger partial charge in [0.2, 0.25) is 5.91 Å². The fraction of sp³-hybridized carbons (Fsp3) is 0.562. The third-order valence-corrected chi connectivity index (χ3v) is 4.12. The Morgan fingerprint density at radius 2 is 2.05 bits per heavy atom. The number of carbonyl (C=O) groups excluding carboxylic acids is 1. The van der Waals surface area contributed by atoms with Crippen LogP contribution in [0.5, 0.6) is 0 Å². The lowest BCUT2D eigenvalue weighted by molar-refractivity contribution is -0.131. The Hall–Kier alpha value is -1.06. The average Bonchev–Trinajstić information content (AvgIpc) is 2.80. The van der Waals surface area contributed by atoms with Crippen LogP contribution in [-0.4, -0.2) is 29.9 Å². The van der Waals surface area contributed by atoms with E-state index in [1.165, 1.54) is 5.56 Å². The lowest BCUT2D eigenvalue weighted by Gasteiger charge is -2.25. The Morgan fingerprint density at radius 1 is 1.40 bits per heavy atom. The molecule has 2 atom stereocenters. The summed E-state index contributed by atoms with van der Waals surface area (Å²) < 4.78 is 0. The molecule has 1 saturated heterocycles. The number of likely N-dealkylation sites (tertiary alicyclic amines) is 1. The van der Waals surface area contributed by atoms with Crippen molar-refractivity contribution in [1.82, 2.24) is 4.90 Å². The highest BCUT2D eigenvalue weighted by Crippen LogP contribution is 2.34. The lowest BCUT2D eigenvalue weighted by Crippen LogP contribution is -2.41. The number of nitrogens with two attached hydrogens (primary N) is 1. The second kappa shape index (κ2) is 7.09. The molecular weight excluding hydrogens is 272 g/mol. The van der Waals surface area contributed by atoms with Crippen LogP contribution in [0.1, 0.15) is 32.3 Å². The molecule has 2 N–H and O–H groups in total. The molecule has 0 bridgehead atoms. The molecule has 112 valence electrons. The molecule has 0 radical (unpaired) electrons. The first-order valence-corrected chi connectivity index (χ1v) is 7.08. The van der Waals surface area contributed by atoms with Gasteiger partial charge in [0.1, 0.15) is 0 Å². The SMILES string of the molecule is C[C@H](N)C(=O)N1CCC(C)(CCc2ccccc2)C1.Cl. The van der Waals surface area contributed by atoms with Crippen molar-refractivity contribution in [2.75, 3.05) is 13.1 Å². The quantitative estimate of drug-likeness (QED) is 0.928. The highest BCUT2D eigenvalue weighted by Gasteiger charge is 2.36. The summed E-state index contributed by atoms with van der Waals surface area (Å²) in [4.78, 5) is 13.8. The maximum absolute atomic E-state index is 11.9. The van der Waals surface area contributed by atoms with Crippen molar-refractivity contribution in [2.45, 2.75) is 39.2 Å². The molecule has 0 saturated carbocycles. The van der Waals surface area contributed by atoms with Crippen molar-refractivity contribution in [1.29, 1.82) is 0 Å². The molecule has 1 unspecified atom stereocenters. The standard InChI is InChI=1S/C16H24N2O.ClH/c1-13(17)15(19)18-11-10-16(2,12-18)9-8-14-6-4-3-5-7-14;/h3-7,13H,8-12,17H2,1-2H3;1H/t13-,16?;/m0./s1. The number of hydrogen-bond acceptors (Lipinski definition) is 2. The first-order chi connectivity index (χ1) is 9.00. The predicted octanol–water partition coefficient (Wildman–Crippen LogP) is 2.63. The van der Waals surface area contributed by atoms with E-state index in [1.807, 2.05) is 11.0 Å². The minimum absolute atomic E-state index is 0. The zero-order valence-electron chi connectivity index (χ0n) is 12.3. The van der Waals surface area contributed by atoms with Crippen LogP contribution in [0, 0.1) is 5.41 Å². The van der Waals surface area contributed by atoms with Crippen molar-refractivity contribution in [3.63, 3.8) is 0 Å². The van der Waals surface area contributed by atoms with E-state index < -0.39 is 0 Å². The van der Waals surface area contributed by atoms with Crippen LogP contribution in [0.3, 0.4) is 0 Å². The molecule has 2 rings (SSSR count). The first-order valence-electron chi connectivity index (χ1n) is 7.08. The molecular formula is C16H25ClN2O. The summed E-state index contributed by atoms with van der Waals surface area (Å²) in [6.45, 7) is 5.75. The minimum atomic E-state index is -0.378. The van der Waals surface area contributed by atoms with Gasteiger partial charge in [-0.2, -0.15) is 0 Å². The number of nitrogens with zero attached hydrogens (tertiary/aromatic N) is 1. The zero-order valence-corrected chi connectivity index (χ0v) is 13.2. The number of benzene rings is 1. The highest BCUT2D eigenvalue weighted by atomic mass is 35.5. The molecule has 0 spiro atoms. The van der Waals surface area contributed by atoms with Gasteiger partial charge in [0, 0.05) is 13.1 Å². The maximum Gasteiger partial charge on any atom is 0.239 e. The van der Waals surface area contributed by atoms with E-state index in [9.17, 15) is 4.79 Å². The van der Waals surface area contributed by atoms with Crippen LogP contribution in [0.25, 0.3) is 0 Å². The molecule has 1 aromatic carbocycles. The second-order valence-electron chi connectivity index (χ2n) is 6.09. The Kier molecular flexibility index (Phi) is 6.03. The minimum Gasteiger partial charge on any atom is -0.341 e. The van der Waals surface area contributed by atoms with E-state index in [4.69, 9.17) is 5.73 Å². The molecule has 3 nitrogen and oxygen atoms in total. The normalized spacial score (nSPS) is 23.2. The first kappa shape index (κ1) is 17.0. The molecule has 1 aromatic rings. The summed E-state index contributed by atoms with van der Waals surface area (Å²) in [5, 5.41) is 0. The van der Waals surface area contributed by atoms with E-state index in [1.54, 1.807) is 6.92 Å². The Balaban J connectivity index is 0.00000200. The summed E-state index contributed by atoms with van der Waals surface area (Å²) in [6.07, 6.45) is 3.29. The van der Waals surface area contributed by atoms with Crippen LogP contribution in [0.4, 0.5) is 0 Å². The van der Waals surface area contributed by atoms with Crippen molar-refractivity contribution >= 4 is 18.3 Å². The van der Waals surface area contributed by atoms with Crippen LogP contribution in [0.15, 0.2) is 30.3 Å². The molecule has 4 heteroatoms. The number of carbonyl (C=O) groups is 1. The van der Waals surface area contributed by atoms with Gasteiger partial charge in [-0.3, -0.25) is 4.79 Å². The van der Waals surface area contributed by atoms with Crippen LogP contribution >= 0.6 is 12.4 Å². The number of amides is 1. The van der Waals surface area contributed by atoms with Gasteiger partial charge >= 0.3 is 0 Å². The van der Waals surface area contributed by atoms with Gasteiger partial charge in [0.05, 0.1) is 6.04 Å².